The predicted molar refractivity (Wildman–Crippen MR) is 67.2 cm³/mol. The van der Waals surface area contributed by atoms with Gasteiger partial charge in [0.25, 0.3) is 0 Å². The Bertz CT molecular complexity index is 356. The Labute approximate surface area is 112 Å². The number of hydrogen-bond donors (Lipinski definition) is 0. The molecule has 0 amide bonds. The van der Waals surface area contributed by atoms with Crippen LogP contribution in [0.3, 0.4) is 0 Å². The van der Waals surface area contributed by atoms with E-state index in [-0.39, 0.29) is 31.3 Å². The minimum Gasteiger partial charge on any atom is -0.466 e. The van der Waals surface area contributed by atoms with E-state index < -0.39 is 17.9 Å². The third-order valence-electron chi connectivity index (χ3n) is 1.82. The van der Waals surface area contributed by atoms with Gasteiger partial charge in [-0.3, -0.25) is 4.79 Å². The van der Waals surface area contributed by atoms with Crippen LogP contribution in [0.2, 0.25) is 0 Å². The summed E-state index contributed by atoms with van der Waals surface area (Å²) in [5.74, 6) is -2.02. The van der Waals surface area contributed by atoms with Crippen LogP contribution in [-0.2, 0) is 28.6 Å². The van der Waals surface area contributed by atoms with Crippen molar-refractivity contribution in [2.75, 3.05) is 13.2 Å². The van der Waals surface area contributed by atoms with Crippen LogP contribution in [0.5, 0.6) is 0 Å². The Kier molecular flexibility index (Phi) is 8.24. The molecule has 19 heavy (non-hydrogen) atoms. The highest BCUT2D eigenvalue weighted by molar-refractivity contribution is 5.99. The highest BCUT2D eigenvalue weighted by Crippen LogP contribution is 2.08. The molecular weight excluding hydrogens is 252 g/mol. The monoisotopic (exact) mass is 272 g/mol. The minimum absolute atomic E-state index is 0.0781. The Morgan fingerprint density at radius 1 is 1.05 bits per heavy atom. The van der Waals surface area contributed by atoms with Gasteiger partial charge in [-0.2, -0.15) is 0 Å². The van der Waals surface area contributed by atoms with Gasteiger partial charge in [-0.05, 0) is 27.7 Å². The van der Waals surface area contributed by atoms with E-state index in [9.17, 15) is 14.4 Å². The van der Waals surface area contributed by atoms with Gasteiger partial charge in [-0.1, -0.05) is 0 Å². The number of carbonyl (C=O) groups excluding carboxylic acids is 3. The van der Waals surface area contributed by atoms with Gasteiger partial charge >= 0.3 is 17.9 Å². The lowest BCUT2D eigenvalue weighted by Crippen LogP contribution is -2.18. The molecule has 0 bridgehead atoms. The Balaban J connectivity index is 4.86. The predicted octanol–water partition coefficient (Wildman–Crippen LogP) is 1.38. The first kappa shape index (κ1) is 17.2. The topological polar surface area (TPSA) is 78.9 Å². The first-order valence-electron chi connectivity index (χ1n) is 6.14. The average Bonchev–Trinajstić information content (AvgIpc) is 2.27. The number of esters is 3. The van der Waals surface area contributed by atoms with E-state index in [1.54, 1.807) is 27.7 Å². The van der Waals surface area contributed by atoms with Gasteiger partial charge in [-0.25, -0.2) is 9.59 Å². The molecule has 0 aromatic carbocycles. The second-order valence-electron chi connectivity index (χ2n) is 3.86. The van der Waals surface area contributed by atoms with Crippen LogP contribution in [0.25, 0.3) is 0 Å². The first-order valence-corrected chi connectivity index (χ1v) is 6.14. The maximum atomic E-state index is 11.7. The van der Waals surface area contributed by atoms with Crippen molar-refractivity contribution in [3.63, 3.8) is 0 Å². The van der Waals surface area contributed by atoms with Crippen molar-refractivity contribution in [3.8, 4) is 0 Å². The fourth-order valence-corrected chi connectivity index (χ4v) is 1.17. The lowest BCUT2D eigenvalue weighted by Gasteiger charge is -2.10. The van der Waals surface area contributed by atoms with E-state index in [1.807, 2.05) is 0 Å². The molecule has 0 unspecified atom stereocenters. The first-order chi connectivity index (χ1) is 8.90. The van der Waals surface area contributed by atoms with Crippen LogP contribution in [0, 0.1) is 0 Å². The van der Waals surface area contributed by atoms with Gasteiger partial charge in [-0.15, -0.1) is 0 Å². The van der Waals surface area contributed by atoms with Gasteiger partial charge in [0.15, 0.2) is 0 Å². The zero-order valence-corrected chi connectivity index (χ0v) is 11.7. The van der Waals surface area contributed by atoms with Crippen molar-refractivity contribution >= 4 is 17.9 Å². The van der Waals surface area contributed by atoms with E-state index in [0.717, 1.165) is 6.08 Å². The van der Waals surface area contributed by atoms with Crippen molar-refractivity contribution in [2.24, 2.45) is 0 Å². The number of ether oxygens (including phenoxy) is 3. The third-order valence-corrected chi connectivity index (χ3v) is 1.82. The van der Waals surface area contributed by atoms with Crippen molar-refractivity contribution in [1.82, 2.24) is 0 Å². The summed E-state index contributed by atoms with van der Waals surface area (Å²) < 4.78 is 14.4. The van der Waals surface area contributed by atoms with E-state index in [2.05, 4.69) is 0 Å². The summed E-state index contributed by atoms with van der Waals surface area (Å²) in [6.07, 6.45) is 0.295. The molecule has 0 fully saturated rings. The molecule has 0 aliphatic heterocycles. The highest BCUT2D eigenvalue weighted by atomic mass is 16.5. The average molecular weight is 272 g/mol. The largest absolute Gasteiger partial charge is 0.466 e. The SMILES string of the molecule is CCOC(=O)/C=C(\CC(=O)OCC)C(=O)OC(C)C. The summed E-state index contributed by atoms with van der Waals surface area (Å²) in [4.78, 5) is 34.4. The summed E-state index contributed by atoms with van der Waals surface area (Å²) in [6.45, 7) is 7.02. The quantitative estimate of drug-likeness (QED) is 0.396. The number of rotatable bonds is 7. The van der Waals surface area contributed by atoms with Crippen molar-refractivity contribution in [1.29, 1.82) is 0 Å². The van der Waals surface area contributed by atoms with Crippen LogP contribution in [0.4, 0.5) is 0 Å². The Morgan fingerprint density at radius 2 is 1.63 bits per heavy atom. The summed E-state index contributed by atoms with van der Waals surface area (Å²) in [5, 5.41) is 0. The number of carbonyl (C=O) groups is 3. The highest BCUT2D eigenvalue weighted by Gasteiger charge is 2.19. The van der Waals surface area contributed by atoms with Crippen molar-refractivity contribution in [2.45, 2.75) is 40.2 Å². The molecule has 0 aliphatic carbocycles. The summed E-state index contributed by atoms with van der Waals surface area (Å²) >= 11 is 0. The normalized spacial score (nSPS) is 11.1. The standard InChI is InChI=1S/C13H20O6/c1-5-17-11(14)7-10(8-12(15)18-6-2)13(16)19-9(3)4/h7,9H,5-6,8H2,1-4H3/b10-7+. The molecule has 0 rings (SSSR count). The lowest BCUT2D eigenvalue weighted by atomic mass is 10.2. The minimum atomic E-state index is -0.726. The maximum Gasteiger partial charge on any atom is 0.335 e. The van der Waals surface area contributed by atoms with Crippen LogP contribution >= 0.6 is 0 Å². The van der Waals surface area contributed by atoms with Crippen LogP contribution in [-0.4, -0.2) is 37.2 Å². The molecule has 0 aromatic rings. The van der Waals surface area contributed by atoms with E-state index >= 15 is 0 Å². The van der Waals surface area contributed by atoms with Crippen LogP contribution < -0.4 is 0 Å². The molecule has 6 nitrogen and oxygen atoms in total. The molecule has 0 atom stereocenters. The van der Waals surface area contributed by atoms with Gasteiger partial charge in [0.05, 0.1) is 31.3 Å². The smallest absolute Gasteiger partial charge is 0.335 e. The fourth-order valence-electron chi connectivity index (χ4n) is 1.17. The Hall–Kier alpha value is -1.85. The maximum absolute atomic E-state index is 11.7. The van der Waals surface area contributed by atoms with Crippen molar-refractivity contribution < 1.29 is 28.6 Å². The van der Waals surface area contributed by atoms with Crippen LogP contribution in [0.15, 0.2) is 11.6 Å². The lowest BCUT2D eigenvalue weighted by molar-refractivity contribution is -0.148. The second kappa shape index (κ2) is 9.13. The molecule has 6 heteroatoms. The van der Waals surface area contributed by atoms with Crippen molar-refractivity contribution in [3.05, 3.63) is 11.6 Å². The zero-order valence-electron chi connectivity index (χ0n) is 11.7. The van der Waals surface area contributed by atoms with E-state index in [1.165, 1.54) is 0 Å². The molecule has 0 aliphatic rings. The second-order valence-corrected chi connectivity index (χ2v) is 3.86. The Morgan fingerprint density at radius 3 is 2.11 bits per heavy atom. The van der Waals surface area contributed by atoms with Gasteiger partial charge in [0, 0.05) is 6.08 Å². The zero-order chi connectivity index (χ0) is 14.8. The van der Waals surface area contributed by atoms with Gasteiger partial charge in [0.1, 0.15) is 0 Å². The fraction of sp³-hybridized carbons (Fsp3) is 0.615. The third kappa shape index (κ3) is 7.96. The number of hydrogen-bond acceptors (Lipinski definition) is 6. The van der Waals surface area contributed by atoms with Crippen LogP contribution in [0.1, 0.15) is 34.1 Å². The molecule has 0 radical (unpaired) electrons. The molecule has 0 saturated heterocycles. The molecule has 0 N–H and O–H groups in total. The molecule has 108 valence electrons. The summed E-state index contributed by atoms with van der Waals surface area (Å²) in [6, 6.07) is 0. The van der Waals surface area contributed by atoms with E-state index in [0.29, 0.717) is 0 Å². The molecule has 0 saturated carbocycles. The summed E-state index contributed by atoms with van der Waals surface area (Å²) in [5.41, 5.74) is -0.0781. The summed E-state index contributed by atoms with van der Waals surface area (Å²) in [7, 11) is 0. The molecule has 0 spiro atoms. The molecule has 0 aromatic heterocycles. The molecular formula is C13H20O6. The molecule has 0 heterocycles. The van der Waals surface area contributed by atoms with Gasteiger partial charge < -0.3 is 14.2 Å². The van der Waals surface area contributed by atoms with E-state index in [4.69, 9.17) is 14.2 Å². The van der Waals surface area contributed by atoms with Gasteiger partial charge in [0.2, 0.25) is 0 Å².